The smallest absolute Gasteiger partial charge is 0.179 e. The summed E-state index contributed by atoms with van der Waals surface area (Å²) in [5.74, 6) is 1.30. The number of likely N-dealkylation sites (N-methyl/N-ethyl adjacent to an activating group) is 1. The molecule has 1 aromatic rings. The Morgan fingerprint density at radius 3 is 2.96 bits per heavy atom. The number of ether oxygens (including phenoxy) is 3. The molecule has 1 aliphatic heterocycles. The van der Waals surface area contributed by atoms with Crippen LogP contribution in [0.5, 0.6) is 11.5 Å². The Kier molecular flexibility index (Phi) is 7.43. The second kappa shape index (κ2) is 9.33. The van der Waals surface area contributed by atoms with Crippen LogP contribution in [-0.2, 0) is 11.3 Å². The second-order valence-corrected chi connectivity index (χ2v) is 6.25. The molecule has 1 aliphatic rings. The van der Waals surface area contributed by atoms with Crippen molar-refractivity contribution in [2.75, 3.05) is 47.0 Å². The van der Waals surface area contributed by atoms with Gasteiger partial charge in [-0.15, -0.1) is 0 Å². The lowest BCUT2D eigenvalue weighted by Crippen LogP contribution is -2.44. The highest BCUT2D eigenvalue weighted by Gasteiger charge is 2.17. The summed E-state index contributed by atoms with van der Waals surface area (Å²) < 4.78 is 16.8. The number of methoxy groups -OCH3 is 1. The number of benzene rings is 1. The zero-order chi connectivity index (χ0) is 16.7. The number of hydrogen-bond donors (Lipinski definition) is 1. The Labute approximate surface area is 143 Å². The van der Waals surface area contributed by atoms with E-state index in [1.807, 2.05) is 12.1 Å². The fourth-order valence-electron chi connectivity index (χ4n) is 2.59. The molecule has 1 aromatic carbocycles. The number of nitrogens with one attached hydrogen (secondary N) is 1. The van der Waals surface area contributed by atoms with Gasteiger partial charge >= 0.3 is 0 Å². The fourth-order valence-corrected chi connectivity index (χ4v) is 2.88. The van der Waals surface area contributed by atoms with Crippen LogP contribution in [0.1, 0.15) is 18.9 Å². The molecule has 1 fully saturated rings. The van der Waals surface area contributed by atoms with E-state index >= 15 is 0 Å². The minimum absolute atomic E-state index is 0.235. The first-order chi connectivity index (χ1) is 11.1. The third-order valence-corrected chi connectivity index (χ3v) is 4.06. The minimum Gasteiger partial charge on any atom is -0.493 e. The van der Waals surface area contributed by atoms with Crippen LogP contribution in [0.3, 0.4) is 0 Å². The van der Waals surface area contributed by atoms with E-state index in [2.05, 4.69) is 24.2 Å². The number of hydrogen-bond acceptors (Lipinski definition) is 5. The quantitative estimate of drug-likeness (QED) is 0.786. The highest BCUT2D eigenvalue weighted by Crippen LogP contribution is 2.36. The molecule has 1 N–H and O–H groups in total. The molecule has 1 atom stereocenters. The van der Waals surface area contributed by atoms with Crippen LogP contribution in [0, 0.1) is 0 Å². The Morgan fingerprint density at radius 2 is 2.26 bits per heavy atom. The van der Waals surface area contributed by atoms with Gasteiger partial charge in [-0.05, 0) is 31.2 Å². The van der Waals surface area contributed by atoms with Gasteiger partial charge in [-0.1, -0.05) is 18.5 Å². The molecule has 0 unspecified atom stereocenters. The predicted octanol–water partition coefficient (Wildman–Crippen LogP) is 2.56. The van der Waals surface area contributed by atoms with Gasteiger partial charge in [0.25, 0.3) is 0 Å². The van der Waals surface area contributed by atoms with E-state index in [1.54, 1.807) is 7.11 Å². The Bertz CT molecular complexity index is 499. The largest absolute Gasteiger partial charge is 0.493 e. The van der Waals surface area contributed by atoms with E-state index in [9.17, 15) is 0 Å². The number of nitrogens with zero attached hydrogens (tertiary/aromatic N) is 1. The Morgan fingerprint density at radius 1 is 1.43 bits per heavy atom. The first kappa shape index (κ1) is 18.3. The molecule has 0 saturated carbocycles. The van der Waals surface area contributed by atoms with Crippen LogP contribution in [-0.4, -0.2) is 58.0 Å². The van der Waals surface area contributed by atoms with Crippen molar-refractivity contribution < 1.29 is 14.2 Å². The van der Waals surface area contributed by atoms with Crippen LogP contribution >= 0.6 is 11.6 Å². The minimum atomic E-state index is 0.235. The first-order valence-electron chi connectivity index (χ1n) is 8.14. The lowest BCUT2D eigenvalue weighted by molar-refractivity contribution is -0.0182. The lowest BCUT2D eigenvalue weighted by atomic mass is 10.2. The molecule has 0 aliphatic carbocycles. The van der Waals surface area contributed by atoms with Crippen molar-refractivity contribution in [2.24, 2.45) is 0 Å². The molecular weight excluding hydrogens is 316 g/mol. The fraction of sp³-hybridized carbons (Fsp3) is 0.647. The normalized spacial score (nSPS) is 18.9. The third-order valence-electron chi connectivity index (χ3n) is 3.78. The van der Waals surface area contributed by atoms with Crippen molar-refractivity contribution in [3.63, 3.8) is 0 Å². The van der Waals surface area contributed by atoms with Crippen molar-refractivity contribution in [2.45, 2.75) is 26.0 Å². The summed E-state index contributed by atoms with van der Waals surface area (Å²) >= 11 is 6.33. The number of rotatable bonds is 8. The molecule has 130 valence electrons. The van der Waals surface area contributed by atoms with Crippen molar-refractivity contribution >= 4 is 11.6 Å². The molecule has 2 rings (SSSR count). The van der Waals surface area contributed by atoms with E-state index < -0.39 is 0 Å². The third kappa shape index (κ3) is 5.53. The first-order valence-corrected chi connectivity index (χ1v) is 8.52. The summed E-state index contributed by atoms with van der Waals surface area (Å²) in [5, 5.41) is 4.01. The monoisotopic (exact) mass is 342 g/mol. The standard InChI is InChI=1S/C17H27ClN2O3/c1-4-6-23-17-15(18)8-13(9-16(17)21-3)10-19-11-14-12-20(2)5-7-22-14/h8-9,14,19H,4-7,10-12H2,1-3H3/t14-/m0/s1. The lowest BCUT2D eigenvalue weighted by Gasteiger charge is -2.30. The maximum Gasteiger partial charge on any atom is 0.179 e. The summed E-state index contributed by atoms with van der Waals surface area (Å²) in [6, 6.07) is 3.90. The van der Waals surface area contributed by atoms with Gasteiger partial charge < -0.3 is 24.4 Å². The van der Waals surface area contributed by atoms with Gasteiger partial charge in [0.15, 0.2) is 11.5 Å². The maximum absolute atomic E-state index is 6.33. The van der Waals surface area contributed by atoms with E-state index in [-0.39, 0.29) is 6.10 Å². The van der Waals surface area contributed by atoms with E-state index in [0.717, 1.165) is 38.2 Å². The van der Waals surface area contributed by atoms with Gasteiger partial charge in [-0.25, -0.2) is 0 Å². The zero-order valence-corrected chi connectivity index (χ0v) is 15.0. The summed E-state index contributed by atoms with van der Waals surface area (Å²) in [5.41, 5.74) is 1.07. The molecule has 0 spiro atoms. The highest BCUT2D eigenvalue weighted by atomic mass is 35.5. The second-order valence-electron chi connectivity index (χ2n) is 5.84. The summed E-state index contributed by atoms with van der Waals surface area (Å²) in [7, 11) is 3.75. The maximum atomic E-state index is 6.33. The van der Waals surface area contributed by atoms with Crippen LogP contribution in [0.4, 0.5) is 0 Å². The van der Waals surface area contributed by atoms with Crippen molar-refractivity contribution in [1.82, 2.24) is 10.2 Å². The highest BCUT2D eigenvalue weighted by molar-refractivity contribution is 6.32. The van der Waals surface area contributed by atoms with Crippen LogP contribution in [0.25, 0.3) is 0 Å². The molecular formula is C17H27ClN2O3. The molecule has 0 bridgehead atoms. The van der Waals surface area contributed by atoms with Gasteiger partial charge in [-0.3, -0.25) is 0 Å². The molecule has 0 aromatic heterocycles. The van der Waals surface area contributed by atoms with Gasteiger partial charge in [-0.2, -0.15) is 0 Å². The number of halogens is 1. The van der Waals surface area contributed by atoms with Crippen LogP contribution in [0.15, 0.2) is 12.1 Å². The summed E-state index contributed by atoms with van der Waals surface area (Å²) in [6.45, 7) is 6.98. The molecule has 0 radical (unpaired) electrons. The Hall–Kier alpha value is -1.01. The van der Waals surface area contributed by atoms with Gasteiger partial charge in [0.05, 0.1) is 31.5 Å². The van der Waals surface area contributed by atoms with E-state index in [0.29, 0.717) is 29.7 Å². The van der Waals surface area contributed by atoms with Crippen molar-refractivity contribution in [3.05, 3.63) is 22.7 Å². The van der Waals surface area contributed by atoms with Gasteiger partial charge in [0.2, 0.25) is 0 Å². The van der Waals surface area contributed by atoms with Gasteiger partial charge in [0.1, 0.15) is 0 Å². The average Bonchev–Trinajstić information content (AvgIpc) is 2.53. The van der Waals surface area contributed by atoms with Crippen LogP contribution < -0.4 is 14.8 Å². The molecule has 1 saturated heterocycles. The Balaban J connectivity index is 1.90. The summed E-state index contributed by atoms with van der Waals surface area (Å²) in [4.78, 5) is 2.29. The molecule has 6 heteroatoms. The molecule has 5 nitrogen and oxygen atoms in total. The topological polar surface area (TPSA) is 43.0 Å². The SMILES string of the molecule is CCCOc1c(Cl)cc(CNC[C@H]2CN(C)CCO2)cc1OC. The van der Waals surface area contributed by atoms with Crippen LogP contribution in [0.2, 0.25) is 5.02 Å². The van der Waals surface area contributed by atoms with Gasteiger partial charge in [0, 0.05) is 26.2 Å². The molecule has 1 heterocycles. The molecule has 23 heavy (non-hydrogen) atoms. The molecule has 0 amide bonds. The number of morpholine rings is 1. The zero-order valence-electron chi connectivity index (χ0n) is 14.2. The van der Waals surface area contributed by atoms with Crippen molar-refractivity contribution in [3.8, 4) is 11.5 Å². The van der Waals surface area contributed by atoms with E-state index in [1.165, 1.54) is 0 Å². The predicted molar refractivity (Wildman–Crippen MR) is 92.7 cm³/mol. The summed E-state index contributed by atoms with van der Waals surface area (Å²) in [6.07, 6.45) is 1.16. The van der Waals surface area contributed by atoms with Crippen molar-refractivity contribution in [1.29, 1.82) is 0 Å². The van der Waals surface area contributed by atoms with E-state index in [4.69, 9.17) is 25.8 Å². The average molecular weight is 343 g/mol.